The van der Waals surface area contributed by atoms with Gasteiger partial charge in [-0.15, -0.1) is 25.5 Å². The van der Waals surface area contributed by atoms with Crippen LogP contribution in [0.25, 0.3) is 54.5 Å². The number of aryl methyl sites for hydroxylation is 6. The second-order valence-corrected chi connectivity index (χ2v) is 34.2. The Balaban J connectivity index is 0.000000123. The molecule has 1 aliphatic heterocycles. The first-order valence-electron chi connectivity index (χ1n) is 45.4. The van der Waals surface area contributed by atoms with Crippen molar-refractivity contribution in [3.05, 3.63) is 228 Å². The Bertz CT molecular complexity index is 6560. The van der Waals surface area contributed by atoms with Gasteiger partial charge in [0, 0.05) is 93.9 Å². The van der Waals surface area contributed by atoms with E-state index in [-0.39, 0.29) is 40.7 Å². The zero-order chi connectivity index (χ0) is 94.0. The van der Waals surface area contributed by atoms with Gasteiger partial charge in [-0.05, 0) is 221 Å². The van der Waals surface area contributed by atoms with Crippen LogP contribution in [0.1, 0.15) is 161 Å². The number of nitrogens with one attached hydrogen (secondary N) is 5. The van der Waals surface area contributed by atoms with E-state index >= 15 is 0 Å². The van der Waals surface area contributed by atoms with E-state index in [1.807, 2.05) is 103 Å². The van der Waals surface area contributed by atoms with E-state index in [9.17, 15) is 37.1 Å². The summed E-state index contributed by atoms with van der Waals surface area (Å²) in [6.07, 6.45) is 25.6. The van der Waals surface area contributed by atoms with Crippen molar-refractivity contribution in [3.63, 3.8) is 0 Å². The number of hydrogen-bond donors (Lipinski definition) is 6. The quantitative estimate of drug-likeness (QED) is 0.0289. The van der Waals surface area contributed by atoms with E-state index in [1.165, 1.54) is 164 Å². The van der Waals surface area contributed by atoms with Crippen LogP contribution in [0.2, 0.25) is 0 Å². The molecule has 4 aliphatic carbocycles. The van der Waals surface area contributed by atoms with E-state index < -0.39 is 35.3 Å². The van der Waals surface area contributed by atoms with Crippen LogP contribution in [0.4, 0.5) is 47.3 Å². The molecule has 135 heavy (non-hydrogen) atoms. The van der Waals surface area contributed by atoms with Crippen LogP contribution in [0.5, 0.6) is 29.4 Å². The number of rotatable bonds is 25. The highest BCUT2D eigenvalue weighted by Crippen LogP contribution is 2.37. The average Bonchev–Trinajstić information content (AvgIpc) is 1.68. The smallest absolute Gasteiger partial charge is 0.291 e. The first-order chi connectivity index (χ1) is 65.5. The largest absolute Gasteiger partial charge is 0.476 e. The van der Waals surface area contributed by atoms with Crippen molar-refractivity contribution in [2.75, 3.05) is 85.2 Å². The summed E-state index contributed by atoms with van der Waals surface area (Å²) in [4.78, 5) is 76.8. The maximum absolute atomic E-state index is 13.7. The summed E-state index contributed by atoms with van der Waals surface area (Å²) < 4.78 is 94.7. The van der Waals surface area contributed by atoms with Crippen LogP contribution in [-0.4, -0.2) is 157 Å². The number of pyridine rings is 4. The highest BCUT2D eigenvalue weighted by atomic mass is 19.1. The number of halogens is 3. The maximum Gasteiger partial charge on any atom is 0.291 e. The number of furan rings is 1. The molecule has 15 aromatic rings. The van der Waals surface area contributed by atoms with Gasteiger partial charge in [0.25, 0.3) is 29.5 Å². The molecular weight excluding hydrogens is 1730 g/mol. The molecule has 1 saturated heterocycles. The number of carbonyl (C=O) groups excluding carboxylic acids is 5. The molecule has 33 nitrogen and oxygen atoms in total. The van der Waals surface area contributed by atoms with E-state index in [1.54, 1.807) is 71.9 Å². The van der Waals surface area contributed by atoms with E-state index in [2.05, 4.69) is 72.0 Å². The standard InChI is InChI=1S/3C20H21FN4O2.C20H23N3O3.C19H21N5O4/c1-25-17-11-14(23-19(26)18-16(21)7-4-10-22-18)8-9-15(17)20(24-25)27-12-13-5-2-3-6-13;1-25-17-11-14(22-19(26)16-7-4-8-18(21)23-16)9-10-15(17)20(24-25)27-12-13-5-2-3-6-13;1-25-18-11-15(23-19(26)17-10-14(21)8-9-22-17)6-7-16(18)20(24-25)27-12-13-4-2-3-5-13;1-13-9-10-25-18(13)19(24)21-15-7-8-16-17(11-15)23(2)22-20(16)26-12-14-5-3-4-6-14;1-24-16-9-12(22-18(25)17-15(20)3-2-6-21-17)4-5-14(16)19(23-24)28-11-13-10-26-7-8-27-13/h4,7-11,13H,2-3,5-6,12H2,1H3,(H,23,26);4,7-11,13H,2-3,5-6,12H2,1H3,(H,22,26);6-11,13H,2-5,12H2,1H3,(H,23,26);7-11,14H,3-6,12H2,1-2H3,(H,21,24);2-6,9,13H,7-8,10-11,20H2,1H3,(H,22,25)/t;;;;13-/m....1/s1. The molecule has 0 unspecified atom stereocenters. The summed E-state index contributed by atoms with van der Waals surface area (Å²) in [7, 11) is 9.20. The number of fused-ring (bicyclic) bond motifs is 5. The molecule has 20 rings (SSSR count). The topological polar surface area (TPSA) is 390 Å². The molecule has 702 valence electrons. The molecule has 11 heterocycles. The lowest BCUT2D eigenvalue weighted by molar-refractivity contribution is -0.101. The summed E-state index contributed by atoms with van der Waals surface area (Å²) >= 11 is 0. The van der Waals surface area contributed by atoms with Crippen LogP contribution < -0.4 is 56.0 Å². The molecule has 0 radical (unpaired) electrons. The predicted octanol–water partition coefficient (Wildman–Crippen LogP) is 17.7. The third kappa shape index (κ3) is 23.6. The van der Waals surface area contributed by atoms with Gasteiger partial charge in [0.1, 0.15) is 29.9 Å². The number of ether oxygens (including phenoxy) is 7. The number of nitrogens with two attached hydrogens (primary N) is 1. The van der Waals surface area contributed by atoms with Crippen LogP contribution in [0.15, 0.2) is 181 Å². The summed E-state index contributed by atoms with van der Waals surface area (Å²) in [5.41, 5.74) is 14.3. The Morgan fingerprint density at radius 3 is 1.15 bits per heavy atom. The van der Waals surface area contributed by atoms with Crippen molar-refractivity contribution < 1.29 is 74.7 Å². The molecule has 7 N–H and O–H groups in total. The molecule has 10 aromatic heterocycles. The molecule has 4 saturated carbocycles. The normalized spacial score (nSPS) is 15.1. The minimum Gasteiger partial charge on any atom is -0.476 e. The lowest BCUT2D eigenvalue weighted by atomic mass is 10.1. The lowest BCUT2D eigenvalue weighted by Gasteiger charge is -2.22. The first-order valence-corrected chi connectivity index (χ1v) is 45.4. The SMILES string of the molecule is Cc1ccoc1C(=O)Nc1ccc2c(OCC3CCCC3)nn(C)c2c1.Cn1nc(OCC2CCCC2)c2ccc(NC(=O)c3cc(F)ccn3)cc21.Cn1nc(OCC2CCCC2)c2ccc(NC(=O)c3cccc(F)n3)cc21.Cn1nc(OCC2CCCC2)c2ccc(NC(=O)c3ncccc3F)cc21.Cn1nc(OC[C@H]2COCCO2)c2ccc(NC(=O)c3ncccc3N)cc21. The van der Waals surface area contributed by atoms with Crippen molar-refractivity contribution in [1.29, 1.82) is 0 Å². The minimum absolute atomic E-state index is 0.0284. The maximum atomic E-state index is 13.7. The predicted molar refractivity (Wildman–Crippen MR) is 504 cm³/mol. The fraction of sp³-hybridized carbons (Fsp3) is 0.354. The Kier molecular flexibility index (Phi) is 30.2. The molecule has 36 heteroatoms. The monoisotopic (exact) mass is 1840 g/mol. The molecule has 5 aliphatic rings. The Hall–Kier alpha value is -14.8. The molecule has 1 atom stereocenters. The van der Waals surface area contributed by atoms with Gasteiger partial charge in [0.15, 0.2) is 23.0 Å². The third-order valence-corrected chi connectivity index (χ3v) is 24.4. The minimum atomic E-state index is -0.686. The molecular formula is C99H107F3N20O13. The van der Waals surface area contributed by atoms with Crippen LogP contribution in [0.3, 0.4) is 0 Å². The molecule has 5 amide bonds. The number of nitrogens with zero attached hydrogens (tertiary/aromatic N) is 14. The van der Waals surface area contributed by atoms with Gasteiger partial charge < -0.3 is 69.9 Å². The number of hydrogen-bond acceptors (Lipinski definition) is 23. The summed E-state index contributed by atoms with van der Waals surface area (Å²) in [5.74, 6) is 1.82. The number of carbonyl (C=O) groups is 5. The van der Waals surface area contributed by atoms with E-state index in [0.29, 0.717) is 139 Å². The molecule has 0 spiro atoms. The van der Waals surface area contributed by atoms with E-state index in [0.717, 1.165) is 72.8 Å². The summed E-state index contributed by atoms with van der Waals surface area (Å²) in [6.45, 7) is 6.69. The van der Waals surface area contributed by atoms with Crippen molar-refractivity contribution >= 4 is 118 Å². The zero-order valence-corrected chi connectivity index (χ0v) is 75.9. The number of amides is 5. The number of aromatic nitrogens is 14. The second kappa shape index (κ2) is 43.7. The summed E-state index contributed by atoms with van der Waals surface area (Å²) in [5, 5.41) is 40.6. The van der Waals surface area contributed by atoms with Crippen LogP contribution in [-0.2, 0) is 44.7 Å². The van der Waals surface area contributed by atoms with Crippen molar-refractivity contribution in [2.45, 2.75) is 116 Å². The zero-order valence-electron chi connectivity index (χ0n) is 75.9. The average molecular weight is 1840 g/mol. The highest BCUT2D eigenvalue weighted by Gasteiger charge is 2.27. The van der Waals surface area contributed by atoms with Gasteiger partial charge >= 0.3 is 0 Å². The van der Waals surface area contributed by atoms with Gasteiger partial charge in [-0.3, -0.25) is 52.4 Å². The molecule has 0 bridgehead atoms. The van der Waals surface area contributed by atoms with Crippen molar-refractivity contribution in [3.8, 4) is 29.4 Å². The molecule has 5 fully saturated rings. The third-order valence-electron chi connectivity index (χ3n) is 24.4. The lowest BCUT2D eigenvalue weighted by Crippen LogP contribution is -2.33. The van der Waals surface area contributed by atoms with Gasteiger partial charge in [-0.25, -0.2) is 23.7 Å². The first kappa shape index (κ1) is 93.4. The fourth-order valence-electron chi connectivity index (χ4n) is 17.1. The Morgan fingerprint density at radius 1 is 0.400 bits per heavy atom. The Morgan fingerprint density at radius 2 is 0.778 bits per heavy atom. The number of benzene rings is 5. The highest BCUT2D eigenvalue weighted by molar-refractivity contribution is 6.09. The van der Waals surface area contributed by atoms with Crippen molar-refractivity contribution in [1.82, 2.24) is 68.8 Å². The molecule has 5 aromatic carbocycles. The van der Waals surface area contributed by atoms with E-state index in [4.69, 9.17) is 43.3 Å². The second-order valence-electron chi connectivity index (χ2n) is 34.2. The number of anilines is 6. The van der Waals surface area contributed by atoms with Gasteiger partial charge in [0.05, 0.1) is 113 Å². The Labute approximate surface area is 775 Å². The van der Waals surface area contributed by atoms with Crippen LogP contribution >= 0.6 is 0 Å². The van der Waals surface area contributed by atoms with Crippen molar-refractivity contribution in [2.24, 2.45) is 58.9 Å². The summed E-state index contributed by atoms with van der Waals surface area (Å²) in [6, 6.07) is 41.7. The van der Waals surface area contributed by atoms with Crippen LogP contribution in [0, 0.1) is 48.2 Å². The number of nitrogen functional groups attached to an aromatic ring is 1. The van der Waals surface area contributed by atoms with Gasteiger partial charge in [-0.2, -0.15) is 4.39 Å². The van der Waals surface area contributed by atoms with Gasteiger partial charge in [-0.1, -0.05) is 57.4 Å². The fourth-order valence-corrected chi connectivity index (χ4v) is 17.1. The van der Waals surface area contributed by atoms with Gasteiger partial charge in [0.2, 0.25) is 35.3 Å².